The van der Waals surface area contributed by atoms with Gasteiger partial charge in [0, 0.05) is 24.5 Å². The average Bonchev–Trinajstić information content (AvgIpc) is 2.98. The molecule has 7 heteroatoms. The summed E-state index contributed by atoms with van der Waals surface area (Å²) >= 11 is 0. The Balaban J connectivity index is 1.89. The van der Waals surface area contributed by atoms with Gasteiger partial charge in [-0.1, -0.05) is 0 Å². The molecule has 0 aliphatic carbocycles. The minimum absolute atomic E-state index is 0.226. The van der Waals surface area contributed by atoms with Crippen LogP contribution in [0.25, 0.3) is 0 Å². The number of carbonyl (C=O) groups excluding carboxylic acids is 1. The van der Waals surface area contributed by atoms with Crippen molar-refractivity contribution in [1.29, 1.82) is 0 Å². The van der Waals surface area contributed by atoms with E-state index in [4.69, 9.17) is 0 Å². The molecule has 1 aliphatic rings. The van der Waals surface area contributed by atoms with E-state index in [1.165, 1.54) is 10.6 Å². The smallest absolute Gasteiger partial charge is 0.270 e. The second kappa shape index (κ2) is 5.49. The van der Waals surface area contributed by atoms with Crippen molar-refractivity contribution in [2.75, 3.05) is 22.5 Å². The summed E-state index contributed by atoms with van der Waals surface area (Å²) in [5.41, 5.74) is 4.81. The molecule has 116 valence electrons. The highest BCUT2D eigenvalue weighted by molar-refractivity contribution is 7.92. The summed E-state index contributed by atoms with van der Waals surface area (Å²) in [5, 5.41) is 0. The van der Waals surface area contributed by atoms with Gasteiger partial charge >= 0.3 is 0 Å². The Morgan fingerprint density at radius 1 is 1.23 bits per heavy atom. The predicted molar refractivity (Wildman–Crippen MR) is 85.1 cm³/mol. The third kappa shape index (κ3) is 2.85. The molecule has 0 atom stereocenters. The van der Waals surface area contributed by atoms with Gasteiger partial charge in [0.05, 0.1) is 11.9 Å². The van der Waals surface area contributed by atoms with E-state index in [1.807, 2.05) is 12.1 Å². The zero-order valence-electron chi connectivity index (χ0n) is 12.2. The van der Waals surface area contributed by atoms with Crippen LogP contribution >= 0.6 is 0 Å². The molecule has 1 aromatic heterocycles. The quantitative estimate of drug-likeness (QED) is 0.934. The Kier molecular flexibility index (Phi) is 3.66. The number of rotatable bonds is 3. The number of hydrogen-bond donors (Lipinski definition) is 1. The molecule has 3 rings (SSSR count). The monoisotopic (exact) mass is 319 g/mol. The normalized spacial score (nSPS) is 14.5. The van der Waals surface area contributed by atoms with Crippen LogP contribution in [0.4, 0.5) is 5.69 Å². The molecule has 2 heterocycles. The molecule has 1 aliphatic heterocycles. The summed E-state index contributed by atoms with van der Waals surface area (Å²) in [6.07, 6.45) is 6.20. The van der Waals surface area contributed by atoms with Crippen molar-refractivity contribution in [3.8, 4) is 0 Å². The summed E-state index contributed by atoms with van der Waals surface area (Å²) < 4.78 is 26.6. The first-order valence-electron chi connectivity index (χ1n) is 7.00. The summed E-state index contributed by atoms with van der Waals surface area (Å²) in [6, 6.07) is 8.76. The first kappa shape index (κ1) is 14.6. The van der Waals surface area contributed by atoms with Crippen molar-refractivity contribution in [2.45, 2.75) is 12.8 Å². The molecule has 2 aromatic rings. The van der Waals surface area contributed by atoms with Gasteiger partial charge in [-0.05, 0) is 48.7 Å². The number of anilines is 1. The third-order valence-electron chi connectivity index (χ3n) is 3.65. The molecule has 0 radical (unpaired) electrons. The van der Waals surface area contributed by atoms with Crippen molar-refractivity contribution in [1.82, 2.24) is 4.68 Å². The molecule has 6 nitrogen and oxygen atoms in total. The zero-order valence-corrected chi connectivity index (χ0v) is 13.0. The molecule has 0 bridgehead atoms. The number of benzene rings is 1. The molecule has 0 fully saturated rings. The molecule has 0 spiro atoms. The second-order valence-electron chi connectivity index (χ2n) is 5.31. The Bertz CT molecular complexity index is 797. The number of fused-ring (bicyclic) bond motifs is 1. The molecule has 22 heavy (non-hydrogen) atoms. The van der Waals surface area contributed by atoms with Gasteiger partial charge in [0.1, 0.15) is 0 Å². The third-order valence-corrected chi connectivity index (χ3v) is 4.83. The van der Waals surface area contributed by atoms with E-state index in [0.717, 1.165) is 18.4 Å². The highest BCUT2D eigenvalue weighted by Gasteiger charge is 2.24. The van der Waals surface area contributed by atoms with E-state index >= 15 is 0 Å². The SMILES string of the molecule is CS(=O)(=O)N1CCCc2cc(C(=O)Nn3cccc3)ccc21. The van der Waals surface area contributed by atoms with Gasteiger partial charge in [-0.25, -0.2) is 8.42 Å². The van der Waals surface area contributed by atoms with Gasteiger partial charge in [0.25, 0.3) is 5.91 Å². The lowest BCUT2D eigenvalue weighted by Gasteiger charge is -2.29. The van der Waals surface area contributed by atoms with Crippen LogP contribution in [0.1, 0.15) is 22.3 Å². The highest BCUT2D eigenvalue weighted by Crippen LogP contribution is 2.29. The number of amides is 1. The van der Waals surface area contributed by atoms with Crippen LogP contribution in [-0.4, -0.2) is 31.8 Å². The van der Waals surface area contributed by atoms with Crippen LogP contribution < -0.4 is 9.73 Å². The maximum atomic E-state index is 12.2. The van der Waals surface area contributed by atoms with Crippen LogP contribution in [0, 0.1) is 0 Å². The van der Waals surface area contributed by atoms with Crippen molar-refractivity contribution < 1.29 is 13.2 Å². The van der Waals surface area contributed by atoms with Crippen molar-refractivity contribution in [3.63, 3.8) is 0 Å². The minimum Gasteiger partial charge on any atom is -0.270 e. The summed E-state index contributed by atoms with van der Waals surface area (Å²) in [6.45, 7) is 0.487. The van der Waals surface area contributed by atoms with Crippen LogP contribution in [-0.2, 0) is 16.4 Å². The lowest BCUT2D eigenvalue weighted by molar-refractivity contribution is 0.101. The summed E-state index contributed by atoms with van der Waals surface area (Å²) in [5.74, 6) is -0.226. The Morgan fingerprint density at radius 2 is 1.95 bits per heavy atom. The number of aromatic nitrogens is 1. The summed E-state index contributed by atoms with van der Waals surface area (Å²) in [7, 11) is -3.28. The van der Waals surface area contributed by atoms with Gasteiger partial charge in [0.15, 0.2) is 0 Å². The largest absolute Gasteiger partial charge is 0.270 e. The van der Waals surface area contributed by atoms with Crippen molar-refractivity contribution in [3.05, 3.63) is 53.9 Å². The van der Waals surface area contributed by atoms with Gasteiger partial charge in [-0.3, -0.25) is 19.2 Å². The molecule has 1 amide bonds. The average molecular weight is 319 g/mol. The zero-order chi connectivity index (χ0) is 15.7. The van der Waals surface area contributed by atoms with Crippen molar-refractivity contribution in [2.24, 2.45) is 0 Å². The topological polar surface area (TPSA) is 71.4 Å². The molecule has 1 N–H and O–H groups in total. The van der Waals surface area contributed by atoms with E-state index in [1.54, 1.807) is 35.3 Å². The Morgan fingerprint density at radius 3 is 2.64 bits per heavy atom. The lowest BCUT2D eigenvalue weighted by atomic mass is 10.0. The minimum atomic E-state index is -3.28. The number of nitrogens with zero attached hydrogens (tertiary/aromatic N) is 2. The number of aryl methyl sites for hydroxylation is 1. The van der Waals surface area contributed by atoms with E-state index in [0.29, 0.717) is 17.8 Å². The molecule has 1 aromatic carbocycles. The Hall–Kier alpha value is -2.28. The van der Waals surface area contributed by atoms with Crippen LogP contribution in [0.3, 0.4) is 0 Å². The van der Waals surface area contributed by atoms with Gasteiger partial charge in [0.2, 0.25) is 10.0 Å². The number of carbonyl (C=O) groups is 1. The first-order chi connectivity index (χ1) is 10.4. The molecule has 0 unspecified atom stereocenters. The fourth-order valence-corrected chi connectivity index (χ4v) is 3.64. The maximum absolute atomic E-state index is 12.2. The van der Waals surface area contributed by atoms with Crippen molar-refractivity contribution >= 4 is 21.6 Å². The first-order valence-corrected chi connectivity index (χ1v) is 8.85. The fraction of sp³-hybridized carbons (Fsp3) is 0.267. The fourth-order valence-electron chi connectivity index (χ4n) is 2.64. The van der Waals surface area contributed by atoms with E-state index in [2.05, 4.69) is 5.43 Å². The second-order valence-corrected chi connectivity index (χ2v) is 7.22. The number of nitrogens with one attached hydrogen (secondary N) is 1. The van der Waals surface area contributed by atoms with E-state index in [-0.39, 0.29) is 5.91 Å². The molecular formula is C15H17N3O3S. The molecule has 0 saturated carbocycles. The maximum Gasteiger partial charge on any atom is 0.270 e. The predicted octanol–water partition coefficient (Wildman–Crippen LogP) is 1.58. The van der Waals surface area contributed by atoms with Gasteiger partial charge in [-0.2, -0.15) is 0 Å². The molecule has 0 saturated heterocycles. The van der Waals surface area contributed by atoms with Crippen LogP contribution in [0.15, 0.2) is 42.7 Å². The van der Waals surface area contributed by atoms with Crippen LogP contribution in [0.2, 0.25) is 0 Å². The standard InChI is InChI=1S/C15H17N3O3S/c1-22(20,21)18-10-4-5-12-11-13(6-7-14(12)18)15(19)16-17-8-2-3-9-17/h2-3,6-9,11H,4-5,10H2,1H3,(H,16,19). The number of sulfonamides is 1. The Labute approximate surface area is 129 Å². The van der Waals surface area contributed by atoms with Gasteiger partial charge < -0.3 is 0 Å². The highest BCUT2D eigenvalue weighted by atomic mass is 32.2. The van der Waals surface area contributed by atoms with Crippen LogP contribution in [0.5, 0.6) is 0 Å². The van der Waals surface area contributed by atoms with Gasteiger partial charge in [-0.15, -0.1) is 0 Å². The van der Waals surface area contributed by atoms with E-state index < -0.39 is 10.0 Å². The molecular weight excluding hydrogens is 302 g/mol. The summed E-state index contributed by atoms with van der Waals surface area (Å²) in [4.78, 5) is 12.2. The lowest BCUT2D eigenvalue weighted by Crippen LogP contribution is -2.34. The number of hydrogen-bond acceptors (Lipinski definition) is 3. The van der Waals surface area contributed by atoms with E-state index in [9.17, 15) is 13.2 Å².